The van der Waals surface area contributed by atoms with Crippen LogP contribution in [0.3, 0.4) is 0 Å². The Kier molecular flexibility index (Phi) is 7.67. The van der Waals surface area contributed by atoms with E-state index >= 15 is 0 Å². The van der Waals surface area contributed by atoms with Gasteiger partial charge in [0.05, 0.1) is 9.08 Å². The van der Waals surface area contributed by atoms with Gasteiger partial charge in [-0.05, 0) is 51.8 Å². The van der Waals surface area contributed by atoms with Crippen LogP contribution in [0.5, 0.6) is 0 Å². The monoisotopic (exact) mass is 396 g/mol. The number of rotatable bonds is 8. The van der Waals surface area contributed by atoms with E-state index in [0.29, 0.717) is 31.9 Å². The van der Waals surface area contributed by atoms with E-state index in [1.165, 1.54) is 0 Å². The minimum absolute atomic E-state index is 0.154. The van der Waals surface area contributed by atoms with E-state index in [4.69, 9.17) is 9.47 Å². The maximum absolute atomic E-state index is 11.8. The van der Waals surface area contributed by atoms with Crippen molar-refractivity contribution in [3.63, 3.8) is 0 Å². The summed E-state index contributed by atoms with van der Waals surface area (Å²) in [6.45, 7) is 5.51. The molecule has 2 N–H and O–H groups in total. The summed E-state index contributed by atoms with van der Waals surface area (Å²) in [5.41, 5.74) is 0.503. The molecule has 1 heterocycles. The van der Waals surface area contributed by atoms with Crippen LogP contribution in [-0.2, 0) is 9.47 Å². The highest BCUT2D eigenvalue weighted by Crippen LogP contribution is 2.22. The van der Waals surface area contributed by atoms with Gasteiger partial charge >= 0.3 is 0 Å². The number of amides is 1. The lowest BCUT2D eigenvalue weighted by Gasteiger charge is -2.16. The van der Waals surface area contributed by atoms with Crippen molar-refractivity contribution in [2.75, 3.05) is 19.8 Å². The Hall–Kier alpha value is -0.370. The van der Waals surface area contributed by atoms with Crippen LogP contribution in [0.15, 0.2) is 15.1 Å². The third-order valence-electron chi connectivity index (χ3n) is 2.34. The summed E-state index contributed by atoms with van der Waals surface area (Å²) in [7, 11) is 0. The average Bonchev–Trinajstić information content (AvgIpc) is 2.70. The van der Waals surface area contributed by atoms with Crippen molar-refractivity contribution >= 4 is 37.8 Å². The predicted octanol–water partition coefficient (Wildman–Crippen LogP) is 3.06. The van der Waals surface area contributed by atoms with Gasteiger partial charge in [-0.1, -0.05) is 0 Å². The van der Waals surface area contributed by atoms with Crippen molar-refractivity contribution < 1.29 is 14.3 Å². The molecule has 19 heavy (non-hydrogen) atoms. The summed E-state index contributed by atoms with van der Waals surface area (Å²) in [6.07, 6.45) is 0.355. The van der Waals surface area contributed by atoms with Crippen LogP contribution in [0, 0.1) is 0 Å². The number of carbonyl (C=O) groups excluding carboxylic acids is 1. The Labute approximate surface area is 129 Å². The quantitative estimate of drug-likeness (QED) is 0.662. The molecular formula is C12H18Br2N2O3. The smallest absolute Gasteiger partial charge is 0.267 e. The van der Waals surface area contributed by atoms with Crippen molar-refractivity contribution in [2.45, 2.75) is 26.6 Å². The first-order valence-electron chi connectivity index (χ1n) is 6.13. The largest absolute Gasteiger partial charge is 0.353 e. The molecule has 0 aliphatic rings. The van der Waals surface area contributed by atoms with Crippen molar-refractivity contribution in [3.8, 4) is 0 Å². The molecule has 0 aliphatic carbocycles. The molecule has 0 atom stereocenters. The molecule has 0 aromatic carbocycles. The second-order valence-electron chi connectivity index (χ2n) is 3.73. The lowest BCUT2D eigenvalue weighted by Crippen LogP contribution is -2.29. The van der Waals surface area contributed by atoms with E-state index in [2.05, 4.69) is 42.2 Å². The van der Waals surface area contributed by atoms with E-state index in [0.717, 1.165) is 9.08 Å². The zero-order valence-electron chi connectivity index (χ0n) is 11.0. The minimum atomic E-state index is -0.266. The molecule has 5 nitrogen and oxygen atoms in total. The molecule has 1 rings (SSSR count). The lowest BCUT2D eigenvalue weighted by atomic mass is 10.3. The number of halogens is 2. The molecule has 0 spiro atoms. The zero-order valence-corrected chi connectivity index (χ0v) is 14.1. The second-order valence-corrected chi connectivity index (χ2v) is 5.38. The highest BCUT2D eigenvalue weighted by molar-refractivity contribution is 9.13. The summed E-state index contributed by atoms with van der Waals surface area (Å²) in [5.74, 6) is -0.154. The predicted molar refractivity (Wildman–Crippen MR) is 80.2 cm³/mol. The number of aromatic amines is 1. The van der Waals surface area contributed by atoms with Gasteiger partial charge in [-0.25, -0.2) is 0 Å². The fourth-order valence-electron chi connectivity index (χ4n) is 1.51. The maximum atomic E-state index is 11.8. The van der Waals surface area contributed by atoms with E-state index < -0.39 is 0 Å². The summed E-state index contributed by atoms with van der Waals surface area (Å²) in [5, 5.41) is 2.81. The molecule has 0 fully saturated rings. The van der Waals surface area contributed by atoms with Crippen molar-refractivity contribution in [1.82, 2.24) is 10.3 Å². The fraction of sp³-hybridized carbons (Fsp3) is 0.583. The van der Waals surface area contributed by atoms with Gasteiger partial charge in [0.1, 0.15) is 5.69 Å². The standard InChI is InChI=1S/C12H18Br2N2O3/c1-3-18-10(19-4-2)5-6-15-12(17)9-7-8(13)11(14)16-9/h7,10,16H,3-6H2,1-2H3,(H,15,17). The van der Waals surface area contributed by atoms with Gasteiger partial charge in [-0.2, -0.15) is 0 Å². The third kappa shape index (κ3) is 5.64. The van der Waals surface area contributed by atoms with Gasteiger partial charge in [0, 0.05) is 26.2 Å². The highest BCUT2D eigenvalue weighted by Gasteiger charge is 2.12. The average molecular weight is 398 g/mol. The maximum Gasteiger partial charge on any atom is 0.267 e. The Morgan fingerprint density at radius 2 is 2.00 bits per heavy atom. The number of ether oxygens (including phenoxy) is 2. The zero-order chi connectivity index (χ0) is 14.3. The van der Waals surface area contributed by atoms with E-state index in [1.807, 2.05) is 13.8 Å². The van der Waals surface area contributed by atoms with Gasteiger partial charge in [0.15, 0.2) is 6.29 Å². The van der Waals surface area contributed by atoms with E-state index in [9.17, 15) is 4.79 Å². The van der Waals surface area contributed by atoms with Crippen molar-refractivity contribution in [2.24, 2.45) is 0 Å². The summed E-state index contributed by atoms with van der Waals surface area (Å²) >= 11 is 6.61. The number of hydrogen-bond donors (Lipinski definition) is 2. The van der Waals surface area contributed by atoms with Gasteiger partial charge in [0.25, 0.3) is 5.91 Å². The number of H-pyrrole nitrogens is 1. The summed E-state index contributed by atoms with van der Waals surface area (Å²) in [4.78, 5) is 14.8. The van der Waals surface area contributed by atoms with Crippen LogP contribution >= 0.6 is 31.9 Å². The van der Waals surface area contributed by atoms with Gasteiger partial charge in [-0.3, -0.25) is 4.79 Å². The topological polar surface area (TPSA) is 63.3 Å². The number of nitrogens with one attached hydrogen (secondary N) is 2. The van der Waals surface area contributed by atoms with Gasteiger partial charge in [-0.15, -0.1) is 0 Å². The molecule has 7 heteroatoms. The second kappa shape index (κ2) is 8.73. The fourth-order valence-corrected chi connectivity index (χ4v) is 2.17. The van der Waals surface area contributed by atoms with Crippen LogP contribution in [0.1, 0.15) is 30.8 Å². The minimum Gasteiger partial charge on any atom is -0.353 e. The Balaban J connectivity index is 2.37. The Bertz CT molecular complexity index is 384. The molecular weight excluding hydrogens is 380 g/mol. The van der Waals surface area contributed by atoms with Gasteiger partial charge < -0.3 is 19.8 Å². The first-order chi connectivity index (χ1) is 9.08. The Morgan fingerprint density at radius 3 is 2.47 bits per heavy atom. The molecule has 0 saturated heterocycles. The first-order valence-corrected chi connectivity index (χ1v) is 7.72. The number of hydrogen-bond acceptors (Lipinski definition) is 3. The molecule has 0 saturated carbocycles. The molecule has 1 aromatic rings. The molecule has 108 valence electrons. The van der Waals surface area contributed by atoms with Crippen LogP contribution in [0.25, 0.3) is 0 Å². The highest BCUT2D eigenvalue weighted by atomic mass is 79.9. The first kappa shape index (κ1) is 16.7. The van der Waals surface area contributed by atoms with Gasteiger partial charge in [0.2, 0.25) is 0 Å². The third-order valence-corrected chi connectivity index (χ3v) is 4.12. The van der Waals surface area contributed by atoms with Crippen LogP contribution in [-0.4, -0.2) is 36.9 Å². The molecule has 0 aliphatic heterocycles. The molecule has 0 radical (unpaired) electrons. The number of aromatic nitrogens is 1. The van der Waals surface area contributed by atoms with Crippen molar-refractivity contribution in [3.05, 3.63) is 20.8 Å². The summed E-state index contributed by atoms with van der Waals surface area (Å²) in [6, 6.07) is 1.72. The molecule has 0 bridgehead atoms. The van der Waals surface area contributed by atoms with E-state index in [-0.39, 0.29) is 12.2 Å². The molecule has 1 amide bonds. The van der Waals surface area contributed by atoms with Crippen LogP contribution < -0.4 is 5.32 Å². The lowest BCUT2D eigenvalue weighted by molar-refractivity contribution is -0.138. The van der Waals surface area contributed by atoms with Crippen LogP contribution in [0.4, 0.5) is 0 Å². The molecule has 0 unspecified atom stereocenters. The Morgan fingerprint density at radius 1 is 1.37 bits per heavy atom. The number of carbonyl (C=O) groups is 1. The van der Waals surface area contributed by atoms with Crippen LogP contribution in [0.2, 0.25) is 0 Å². The van der Waals surface area contributed by atoms with Crippen molar-refractivity contribution in [1.29, 1.82) is 0 Å². The normalized spacial score (nSPS) is 11.0. The SMILES string of the molecule is CCOC(CCNC(=O)c1cc(Br)c(Br)[nH]1)OCC. The summed E-state index contributed by atoms with van der Waals surface area (Å²) < 4.78 is 12.4. The van der Waals surface area contributed by atoms with E-state index in [1.54, 1.807) is 6.07 Å². The molecule has 1 aromatic heterocycles.